The first-order valence-corrected chi connectivity index (χ1v) is 8.88. The molecular weight excluding hydrogens is 346 g/mol. The molecule has 0 aliphatic carbocycles. The Morgan fingerprint density at radius 2 is 1.88 bits per heavy atom. The fourth-order valence-electron chi connectivity index (χ4n) is 2.74. The molecule has 3 nitrogen and oxygen atoms in total. The van der Waals surface area contributed by atoms with Crippen LogP contribution in [0.1, 0.15) is 23.8 Å². The molecule has 0 atom stereocenters. The van der Waals surface area contributed by atoms with Crippen molar-refractivity contribution in [2.45, 2.75) is 20.3 Å². The number of carbonyl (C=O) groups is 1. The van der Waals surface area contributed by atoms with Crippen molar-refractivity contribution in [3.8, 4) is 11.3 Å². The lowest BCUT2D eigenvalue weighted by Crippen LogP contribution is -2.10. The number of halogens is 1. The van der Waals surface area contributed by atoms with E-state index < -0.39 is 0 Å². The molecule has 3 rings (SSSR count). The van der Waals surface area contributed by atoms with Gasteiger partial charge in [-0.3, -0.25) is 4.79 Å². The number of amides is 1. The maximum absolute atomic E-state index is 12.3. The minimum Gasteiger partial charge on any atom is -0.457 e. The van der Waals surface area contributed by atoms with Gasteiger partial charge >= 0.3 is 0 Å². The molecule has 1 aromatic heterocycles. The number of para-hydroxylation sites is 1. The lowest BCUT2D eigenvalue weighted by atomic mass is 10.1. The SMILES string of the molecule is CCc1cccc(C)c1NC(=O)C=Cc1ccc(-c2ccc(Cl)cc2)o1. The molecule has 0 radical (unpaired) electrons. The molecule has 1 N–H and O–H groups in total. The summed E-state index contributed by atoms with van der Waals surface area (Å²) in [5.41, 5.74) is 3.99. The van der Waals surface area contributed by atoms with Crippen molar-refractivity contribution in [2.75, 3.05) is 5.32 Å². The van der Waals surface area contributed by atoms with Gasteiger partial charge in [0.05, 0.1) is 0 Å². The average Bonchev–Trinajstić information content (AvgIpc) is 3.11. The summed E-state index contributed by atoms with van der Waals surface area (Å²) in [6, 6.07) is 17.1. The largest absolute Gasteiger partial charge is 0.457 e. The highest BCUT2D eigenvalue weighted by Gasteiger charge is 2.07. The fourth-order valence-corrected chi connectivity index (χ4v) is 2.86. The van der Waals surface area contributed by atoms with Crippen molar-refractivity contribution in [2.24, 2.45) is 0 Å². The maximum Gasteiger partial charge on any atom is 0.248 e. The van der Waals surface area contributed by atoms with E-state index in [1.54, 1.807) is 6.08 Å². The van der Waals surface area contributed by atoms with Gasteiger partial charge in [-0.1, -0.05) is 36.7 Å². The fraction of sp³-hybridized carbons (Fsp3) is 0.136. The molecule has 0 aliphatic rings. The Morgan fingerprint density at radius 3 is 2.62 bits per heavy atom. The van der Waals surface area contributed by atoms with Crippen molar-refractivity contribution in [1.82, 2.24) is 0 Å². The van der Waals surface area contributed by atoms with E-state index in [1.807, 2.05) is 61.5 Å². The summed E-state index contributed by atoms with van der Waals surface area (Å²) < 4.78 is 5.77. The van der Waals surface area contributed by atoms with E-state index in [2.05, 4.69) is 12.2 Å². The Labute approximate surface area is 158 Å². The van der Waals surface area contributed by atoms with Crippen LogP contribution in [0.25, 0.3) is 17.4 Å². The van der Waals surface area contributed by atoms with Crippen LogP contribution in [-0.2, 0) is 11.2 Å². The zero-order chi connectivity index (χ0) is 18.5. The number of benzene rings is 2. The number of nitrogens with one attached hydrogen (secondary N) is 1. The first-order valence-electron chi connectivity index (χ1n) is 8.50. The van der Waals surface area contributed by atoms with Crippen molar-refractivity contribution in [1.29, 1.82) is 0 Å². The van der Waals surface area contributed by atoms with Gasteiger partial charge in [0.2, 0.25) is 5.91 Å². The zero-order valence-corrected chi connectivity index (χ0v) is 15.5. The summed E-state index contributed by atoms with van der Waals surface area (Å²) in [6.07, 6.45) is 4.01. The second kappa shape index (κ2) is 8.07. The van der Waals surface area contributed by atoms with Crippen LogP contribution in [0, 0.1) is 6.92 Å². The number of carbonyl (C=O) groups excluding carboxylic acids is 1. The second-order valence-corrected chi connectivity index (χ2v) is 6.43. The Morgan fingerprint density at radius 1 is 1.12 bits per heavy atom. The summed E-state index contributed by atoms with van der Waals surface area (Å²) in [7, 11) is 0. The Kier molecular flexibility index (Phi) is 5.59. The van der Waals surface area contributed by atoms with E-state index in [1.165, 1.54) is 6.08 Å². The van der Waals surface area contributed by atoms with E-state index in [0.29, 0.717) is 10.8 Å². The standard InChI is InChI=1S/C22H20ClNO2/c1-3-16-6-4-5-15(2)22(16)24-21(25)14-12-19-11-13-20(26-19)17-7-9-18(23)10-8-17/h4-14H,3H2,1-2H3,(H,24,25). The Bertz CT molecular complexity index is 939. The van der Waals surface area contributed by atoms with Crippen LogP contribution in [0.5, 0.6) is 0 Å². The number of rotatable bonds is 5. The molecule has 0 unspecified atom stereocenters. The van der Waals surface area contributed by atoms with Crippen LogP contribution in [0.15, 0.2) is 65.1 Å². The summed E-state index contributed by atoms with van der Waals surface area (Å²) >= 11 is 5.90. The van der Waals surface area contributed by atoms with Gasteiger partial charge in [-0.15, -0.1) is 0 Å². The monoisotopic (exact) mass is 365 g/mol. The molecule has 0 fully saturated rings. The van der Waals surface area contributed by atoms with Gasteiger partial charge in [-0.25, -0.2) is 0 Å². The number of furan rings is 1. The minimum atomic E-state index is -0.182. The molecule has 1 amide bonds. The third-order valence-electron chi connectivity index (χ3n) is 4.14. The lowest BCUT2D eigenvalue weighted by molar-refractivity contribution is -0.111. The molecule has 0 saturated carbocycles. The smallest absolute Gasteiger partial charge is 0.248 e. The van der Waals surface area contributed by atoms with E-state index in [9.17, 15) is 4.79 Å². The van der Waals surface area contributed by atoms with Gasteiger partial charge in [-0.05, 0) is 66.9 Å². The average molecular weight is 366 g/mol. The molecule has 1 heterocycles. The highest BCUT2D eigenvalue weighted by Crippen LogP contribution is 2.25. The number of anilines is 1. The Hall–Kier alpha value is -2.78. The molecule has 132 valence electrons. The lowest BCUT2D eigenvalue weighted by Gasteiger charge is -2.11. The molecule has 26 heavy (non-hydrogen) atoms. The number of aryl methyl sites for hydroxylation is 2. The third-order valence-corrected chi connectivity index (χ3v) is 4.39. The molecular formula is C22H20ClNO2. The van der Waals surface area contributed by atoms with E-state index in [-0.39, 0.29) is 5.91 Å². The quantitative estimate of drug-likeness (QED) is 0.553. The molecule has 2 aromatic carbocycles. The summed E-state index contributed by atoms with van der Waals surface area (Å²) in [5, 5.41) is 3.64. The normalized spacial score (nSPS) is 11.0. The first kappa shape index (κ1) is 18.0. The van der Waals surface area contributed by atoms with Crippen LogP contribution in [0.2, 0.25) is 5.02 Å². The van der Waals surface area contributed by atoms with E-state index in [4.69, 9.17) is 16.0 Å². The number of hydrogen-bond acceptors (Lipinski definition) is 2. The van der Waals surface area contributed by atoms with Gasteiger partial charge in [0.1, 0.15) is 11.5 Å². The summed E-state index contributed by atoms with van der Waals surface area (Å²) in [6.45, 7) is 4.06. The van der Waals surface area contributed by atoms with E-state index >= 15 is 0 Å². The predicted molar refractivity (Wildman–Crippen MR) is 107 cm³/mol. The minimum absolute atomic E-state index is 0.182. The van der Waals surface area contributed by atoms with Crippen molar-refractivity contribution < 1.29 is 9.21 Å². The highest BCUT2D eigenvalue weighted by atomic mass is 35.5. The van der Waals surface area contributed by atoms with E-state index in [0.717, 1.165) is 34.6 Å². The van der Waals surface area contributed by atoms with Crippen LogP contribution in [0.3, 0.4) is 0 Å². The molecule has 0 bridgehead atoms. The van der Waals surface area contributed by atoms with Crippen LogP contribution in [0.4, 0.5) is 5.69 Å². The molecule has 0 saturated heterocycles. The zero-order valence-electron chi connectivity index (χ0n) is 14.8. The van der Waals surface area contributed by atoms with Gasteiger partial charge < -0.3 is 9.73 Å². The predicted octanol–water partition coefficient (Wildman–Crippen LogP) is 6.12. The summed E-state index contributed by atoms with van der Waals surface area (Å²) in [5.74, 6) is 1.16. The van der Waals surface area contributed by atoms with Crippen LogP contribution >= 0.6 is 11.6 Å². The van der Waals surface area contributed by atoms with Crippen molar-refractivity contribution >= 4 is 29.3 Å². The van der Waals surface area contributed by atoms with Gasteiger partial charge in [0.25, 0.3) is 0 Å². The first-order chi connectivity index (χ1) is 12.6. The topological polar surface area (TPSA) is 42.2 Å². The molecule has 0 aliphatic heterocycles. The van der Waals surface area contributed by atoms with Crippen LogP contribution in [-0.4, -0.2) is 5.91 Å². The van der Waals surface area contributed by atoms with Crippen LogP contribution < -0.4 is 5.32 Å². The molecule has 3 aromatic rings. The molecule has 4 heteroatoms. The Balaban J connectivity index is 1.71. The van der Waals surface area contributed by atoms with Gasteiger partial charge in [-0.2, -0.15) is 0 Å². The summed E-state index contributed by atoms with van der Waals surface area (Å²) in [4.78, 5) is 12.3. The van der Waals surface area contributed by atoms with Gasteiger partial charge in [0, 0.05) is 22.3 Å². The second-order valence-electron chi connectivity index (χ2n) is 5.99. The highest BCUT2D eigenvalue weighted by molar-refractivity contribution is 6.30. The molecule has 0 spiro atoms. The van der Waals surface area contributed by atoms with Gasteiger partial charge in [0.15, 0.2) is 0 Å². The maximum atomic E-state index is 12.3. The van der Waals surface area contributed by atoms with Crippen molar-refractivity contribution in [3.63, 3.8) is 0 Å². The number of hydrogen-bond donors (Lipinski definition) is 1. The van der Waals surface area contributed by atoms with Crippen molar-refractivity contribution in [3.05, 3.63) is 82.6 Å². The third kappa shape index (κ3) is 4.24.